The lowest BCUT2D eigenvalue weighted by atomic mass is 10.2. The molecule has 0 aliphatic heterocycles. The highest BCUT2D eigenvalue weighted by molar-refractivity contribution is 5.57. The van der Waals surface area contributed by atoms with E-state index in [2.05, 4.69) is 10.3 Å². The van der Waals surface area contributed by atoms with Gasteiger partial charge in [0, 0.05) is 12.1 Å². The fourth-order valence-electron chi connectivity index (χ4n) is 2.03. The van der Waals surface area contributed by atoms with Crippen molar-refractivity contribution in [2.24, 2.45) is 0 Å². The maximum Gasteiger partial charge on any atom is 0.311 e. The first-order valence-electron chi connectivity index (χ1n) is 7.32. The summed E-state index contributed by atoms with van der Waals surface area (Å²) in [5, 5.41) is 23.4. The Labute approximate surface area is 139 Å². The van der Waals surface area contributed by atoms with E-state index in [-0.39, 0.29) is 30.6 Å². The fourth-order valence-corrected chi connectivity index (χ4v) is 2.03. The van der Waals surface area contributed by atoms with Crippen LogP contribution in [0.4, 0.5) is 11.5 Å². The van der Waals surface area contributed by atoms with Crippen LogP contribution in [0.3, 0.4) is 0 Å². The Morgan fingerprint density at radius 3 is 2.67 bits per heavy atom. The van der Waals surface area contributed by atoms with Crippen LogP contribution >= 0.6 is 0 Å². The number of rotatable bonds is 9. The number of pyridine rings is 1. The summed E-state index contributed by atoms with van der Waals surface area (Å²) in [6, 6.07) is 11.7. The molecule has 0 spiro atoms. The summed E-state index contributed by atoms with van der Waals surface area (Å²) >= 11 is 0. The summed E-state index contributed by atoms with van der Waals surface area (Å²) in [6.07, 6.45) is 0. The van der Waals surface area contributed by atoms with E-state index in [9.17, 15) is 15.2 Å². The zero-order chi connectivity index (χ0) is 17.4. The molecule has 1 atom stereocenters. The van der Waals surface area contributed by atoms with E-state index in [0.29, 0.717) is 6.61 Å². The van der Waals surface area contributed by atoms with Crippen molar-refractivity contribution < 1.29 is 19.5 Å². The average molecular weight is 333 g/mol. The molecule has 8 nitrogen and oxygen atoms in total. The minimum atomic E-state index is -0.548. The number of methoxy groups -OCH3 is 1. The molecule has 1 heterocycles. The van der Waals surface area contributed by atoms with Crippen molar-refractivity contribution in [3.05, 3.63) is 58.1 Å². The van der Waals surface area contributed by atoms with Crippen molar-refractivity contribution in [2.75, 3.05) is 25.6 Å². The highest BCUT2D eigenvalue weighted by atomic mass is 16.6. The van der Waals surface area contributed by atoms with Crippen LogP contribution in [0.15, 0.2) is 42.5 Å². The maximum absolute atomic E-state index is 11.1. The van der Waals surface area contributed by atoms with Crippen molar-refractivity contribution in [1.82, 2.24) is 4.98 Å². The number of nitrogens with one attached hydrogen (secondary N) is 1. The molecule has 1 aromatic heterocycles. The molecular weight excluding hydrogens is 314 g/mol. The third-order valence-corrected chi connectivity index (χ3v) is 3.25. The topological polar surface area (TPSA) is 107 Å². The van der Waals surface area contributed by atoms with Crippen LogP contribution in [0, 0.1) is 10.1 Å². The van der Waals surface area contributed by atoms with Gasteiger partial charge in [-0.05, 0) is 5.56 Å². The third kappa shape index (κ3) is 4.90. The second kappa shape index (κ2) is 8.80. The molecule has 0 radical (unpaired) electrons. The van der Waals surface area contributed by atoms with Crippen LogP contribution in [0.5, 0.6) is 5.88 Å². The van der Waals surface area contributed by atoms with Gasteiger partial charge in [-0.25, -0.2) is 0 Å². The number of hydrogen-bond donors (Lipinski definition) is 2. The normalized spacial score (nSPS) is 11.8. The van der Waals surface area contributed by atoms with Crippen LogP contribution < -0.4 is 10.1 Å². The number of aromatic nitrogens is 1. The molecule has 0 saturated heterocycles. The number of hydrogen-bond acceptors (Lipinski definition) is 7. The Morgan fingerprint density at radius 2 is 2.04 bits per heavy atom. The second-order valence-corrected chi connectivity index (χ2v) is 5.00. The minimum Gasteiger partial charge on any atom is -0.481 e. The predicted molar refractivity (Wildman–Crippen MR) is 88.0 cm³/mol. The molecule has 2 N–H and O–H groups in total. The molecule has 128 valence electrons. The van der Waals surface area contributed by atoms with Crippen LogP contribution in [0.2, 0.25) is 0 Å². The average Bonchev–Trinajstić information content (AvgIpc) is 2.61. The number of nitro groups is 1. The number of benzene rings is 1. The van der Waals surface area contributed by atoms with Gasteiger partial charge in [0.25, 0.3) is 0 Å². The van der Waals surface area contributed by atoms with E-state index in [1.54, 1.807) is 0 Å². The van der Waals surface area contributed by atoms with Gasteiger partial charge in [0.2, 0.25) is 11.7 Å². The fraction of sp³-hybridized carbons (Fsp3) is 0.312. The van der Waals surface area contributed by atoms with E-state index in [1.165, 1.54) is 19.2 Å². The van der Waals surface area contributed by atoms with Gasteiger partial charge < -0.3 is 19.9 Å². The smallest absolute Gasteiger partial charge is 0.311 e. The number of nitrogens with zero attached hydrogens (tertiary/aromatic N) is 2. The first kappa shape index (κ1) is 17.6. The monoisotopic (exact) mass is 333 g/mol. The molecule has 24 heavy (non-hydrogen) atoms. The van der Waals surface area contributed by atoms with Crippen LogP contribution in [0.25, 0.3) is 0 Å². The van der Waals surface area contributed by atoms with Crippen molar-refractivity contribution in [2.45, 2.75) is 12.6 Å². The van der Waals surface area contributed by atoms with Crippen LogP contribution in [-0.4, -0.2) is 41.4 Å². The Bertz CT molecular complexity index is 666. The summed E-state index contributed by atoms with van der Waals surface area (Å²) in [4.78, 5) is 14.6. The number of ether oxygens (including phenoxy) is 2. The molecule has 0 amide bonds. The van der Waals surface area contributed by atoms with Crippen molar-refractivity contribution >= 4 is 11.5 Å². The Morgan fingerprint density at radius 1 is 1.29 bits per heavy atom. The zero-order valence-electron chi connectivity index (χ0n) is 13.2. The van der Waals surface area contributed by atoms with E-state index < -0.39 is 11.0 Å². The van der Waals surface area contributed by atoms with Gasteiger partial charge in [-0.3, -0.25) is 10.1 Å². The summed E-state index contributed by atoms with van der Waals surface area (Å²) in [7, 11) is 1.42. The molecular formula is C16H19N3O5. The third-order valence-electron chi connectivity index (χ3n) is 3.25. The molecule has 8 heteroatoms. The molecule has 0 fully saturated rings. The maximum atomic E-state index is 11.1. The molecule has 1 aromatic carbocycles. The van der Waals surface area contributed by atoms with E-state index in [1.807, 2.05) is 30.3 Å². The lowest BCUT2D eigenvalue weighted by Crippen LogP contribution is -2.30. The summed E-state index contributed by atoms with van der Waals surface area (Å²) in [5.74, 6) is 0.270. The van der Waals surface area contributed by atoms with Crippen molar-refractivity contribution in [1.29, 1.82) is 0 Å². The Kier molecular flexibility index (Phi) is 6.47. The Hall–Kier alpha value is -2.71. The summed E-state index contributed by atoms with van der Waals surface area (Å²) < 4.78 is 10.5. The molecule has 1 unspecified atom stereocenters. The molecule has 0 saturated carbocycles. The van der Waals surface area contributed by atoms with E-state index >= 15 is 0 Å². The van der Waals surface area contributed by atoms with Gasteiger partial charge in [0.1, 0.15) is 0 Å². The molecule has 2 rings (SSSR count). The van der Waals surface area contributed by atoms with Crippen LogP contribution in [-0.2, 0) is 11.3 Å². The first-order chi connectivity index (χ1) is 11.6. The molecule has 0 aliphatic carbocycles. The van der Waals surface area contributed by atoms with Gasteiger partial charge in [-0.1, -0.05) is 30.3 Å². The lowest BCUT2D eigenvalue weighted by molar-refractivity contribution is -0.384. The highest BCUT2D eigenvalue weighted by Gasteiger charge is 2.19. The van der Waals surface area contributed by atoms with E-state index in [4.69, 9.17) is 9.47 Å². The van der Waals surface area contributed by atoms with Crippen molar-refractivity contribution in [3.8, 4) is 5.88 Å². The Balaban J connectivity index is 2.00. The molecule has 0 aliphatic rings. The summed E-state index contributed by atoms with van der Waals surface area (Å²) in [5.41, 5.74) is 0.803. The van der Waals surface area contributed by atoms with E-state index in [0.717, 1.165) is 5.56 Å². The summed E-state index contributed by atoms with van der Waals surface area (Å²) in [6.45, 7) is 0.291. The number of aliphatic hydroxyl groups excluding tert-OH is 1. The van der Waals surface area contributed by atoms with Gasteiger partial charge in [0.05, 0.1) is 37.9 Å². The largest absolute Gasteiger partial charge is 0.481 e. The van der Waals surface area contributed by atoms with Gasteiger partial charge in [0.15, 0.2) is 0 Å². The number of aliphatic hydroxyl groups is 1. The first-order valence-corrected chi connectivity index (χ1v) is 7.32. The molecule has 2 aromatic rings. The number of anilines is 1. The quantitative estimate of drug-likeness (QED) is 0.534. The zero-order valence-corrected chi connectivity index (χ0v) is 13.2. The SMILES string of the molecule is COc1ccc([N+](=O)[O-])c(NC(CO)COCc2ccccc2)n1. The minimum absolute atomic E-state index is 0.0294. The molecule has 0 bridgehead atoms. The van der Waals surface area contributed by atoms with Gasteiger partial charge in [-0.2, -0.15) is 4.98 Å². The van der Waals surface area contributed by atoms with Gasteiger partial charge in [-0.15, -0.1) is 0 Å². The second-order valence-electron chi connectivity index (χ2n) is 5.00. The predicted octanol–water partition coefficient (Wildman–Crippen LogP) is 1.99. The highest BCUT2D eigenvalue weighted by Crippen LogP contribution is 2.25. The standard InChI is InChI=1S/C16H19N3O5/c1-23-15-8-7-14(19(21)22)16(18-15)17-13(9-20)11-24-10-12-5-3-2-4-6-12/h2-8,13,20H,9-11H2,1H3,(H,17,18). The van der Waals surface area contributed by atoms with Crippen molar-refractivity contribution in [3.63, 3.8) is 0 Å². The van der Waals surface area contributed by atoms with Gasteiger partial charge >= 0.3 is 5.69 Å². The lowest BCUT2D eigenvalue weighted by Gasteiger charge is -2.17. The van der Waals surface area contributed by atoms with Crippen LogP contribution in [0.1, 0.15) is 5.56 Å².